The van der Waals surface area contributed by atoms with Gasteiger partial charge in [-0.2, -0.15) is 4.52 Å². The standard InChI is InChI=1S/C16H11FN4O/c17-12-7-5-11(6-8-12)10-22-15-9-16-18-19-20-21(16)14-4-2-1-3-13(14)15/h1-9H,10H2. The molecule has 0 aliphatic heterocycles. The number of para-hydroxylation sites is 1. The van der Waals surface area contributed by atoms with E-state index in [0.717, 1.165) is 16.5 Å². The van der Waals surface area contributed by atoms with Crippen LogP contribution in [0.1, 0.15) is 5.56 Å². The average Bonchev–Trinajstić information content (AvgIpc) is 3.03. The molecule has 2 heterocycles. The predicted octanol–water partition coefficient (Wildman–Crippen LogP) is 3.00. The van der Waals surface area contributed by atoms with Crippen molar-refractivity contribution in [1.82, 2.24) is 20.0 Å². The van der Waals surface area contributed by atoms with E-state index >= 15 is 0 Å². The zero-order chi connectivity index (χ0) is 14.9. The number of hydrogen-bond acceptors (Lipinski definition) is 4. The van der Waals surface area contributed by atoms with E-state index in [1.165, 1.54) is 12.1 Å². The minimum absolute atomic E-state index is 0.259. The first kappa shape index (κ1) is 12.7. The molecule has 0 unspecified atom stereocenters. The zero-order valence-corrected chi connectivity index (χ0v) is 11.5. The first-order valence-corrected chi connectivity index (χ1v) is 6.78. The Morgan fingerprint density at radius 1 is 1.05 bits per heavy atom. The van der Waals surface area contributed by atoms with E-state index in [2.05, 4.69) is 15.5 Å². The van der Waals surface area contributed by atoms with Gasteiger partial charge in [0.1, 0.15) is 18.2 Å². The van der Waals surface area contributed by atoms with Gasteiger partial charge in [0.2, 0.25) is 0 Å². The Balaban J connectivity index is 1.74. The van der Waals surface area contributed by atoms with Gasteiger partial charge in [0.15, 0.2) is 5.65 Å². The maximum Gasteiger partial charge on any atom is 0.183 e. The molecule has 0 aliphatic rings. The fraction of sp³-hybridized carbons (Fsp3) is 0.0625. The van der Waals surface area contributed by atoms with Crippen molar-refractivity contribution >= 4 is 16.6 Å². The summed E-state index contributed by atoms with van der Waals surface area (Å²) in [6, 6.07) is 15.8. The van der Waals surface area contributed by atoms with E-state index < -0.39 is 0 Å². The third-order valence-corrected chi connectivity index (χ3v) is 3.46. The molecule has 0 saturated heterocycles. The van der Waals surface area contributed by atoms with Crippen molar-refractivity contribution in [3.05, 3.63) is 66.0 Å². The van der Waals surface area contributed by atoms with Crippen molar-refractivity contribution in [2.45, 2.75) is 6.61 Å². The molecule has 0 aliphatic carbocycles. The topological polar surface area (TPSA) is 52.3 Å². The second-order valence-electron chi connectivity index (χ2n) is 4.89. The van der Waals surface area contributed by atoms with Crippen molar-refractivity contribution in [2.24, 2.45) is 0 Å². The number of ether oxygens (including phenoxy) is 1. The summed E-state index contributed by atoms with van der Waals surface area (Å²) in [6.07, 6.45) is 0. The largest absolute Gasteiger partial charge is 0.488 e. The summed E-state index contributed by atoms with van der Waals surface area (Å²) in [4.78, 5) is 0. The Bertz CT molecular complexity index is 949. The molecule has 0 fully saturated rings. The van der Waals surface area contributed by atoms with Gasteiger partial charge in [0, 0.05) is 11.5 Å². The lowest BCUT2D eigenvalue weighted by Gasteiger charge is -2.10. The number of tetrazole rings is 1. The minimum atomic E-state index is -0.259. The summed E-state index contributed by atoms with van der Waals surface area (Å²) in [5, 5.41) is 12.5. The number of hydrogen-bond donors (Lipinski definition) is 0. The molecular formula is C16H11FN4O. The Hall–Kier alpha value is -3.02. The molecule has 0 atom stereocenters. The lowest BCUT2D eigenvalue weighted by atomic mass is 10.2. The van der Waals surface area contributed by atoms with Crippen molar-refractivity contribution in [1.29, 1.82) is 0 Å². The van der Waals surface area contributed by atoms with Gasteiger partial charge in [-0.15, -0.1) is 5.10 Å². The molecule has 5 nitrogen and oxygen atoms in total. The highest BCUT2D eigenvalue weighted by molar-refractivity contribution is 5.87. The SMILES string of the molecule is Fc1ccc(COc2cc3nnnn3c3ccccc23)cc1. The first-order chi connectivity index (χ1) is 10.8. The summed E-state index contributed by atoms with van der Waals surface area (Å²) < 4.78 is 20.5. The maximum absolute atomic E-state index is 12.9. The minimum Gasteiger partial charge on any atom is -0.488 e. The molecular weight excluding hydrogens is 283 g/mol. The zero-order valence-electron chi connectivity index (χ0n) is 11.5. The highest BCUT2D eigenvalue weighted by Crippen LogP contribution is 2.27. The molecule has 108 valence electrons. The van der Waals surface area contributed by atoms with Gasteiger partial charge in [0.25, 0.3) is 0 Å². The van der Waals surface area contributed by atoms with Gasteiger partial charge >= 0.3 is 0 Å². The Labute approximate surface area is 124 Å². The van der Waals surface area contributed by atoms with Gasteiger partial charge in [-0.25, -0.2) is 4.39 Å². The Morgan fingerprint density at radius 3 is 2.73 bits per heavy atom. The Kier molecular flexibility index (Phi) is 2.93. The molecule has 0 bridgehead atoms. The third kappa shape index (κ3) is 2.14. The molecule has 0 spiro atoms. The summed E-state index contributed by atoms with van der Waals surface area (Å²) >= 11 is 0. The average molecular weight is 294 g/mol. The number of rotatable bonds is 3. The van der Waals surface area contributed by atoms with Gasteiger partial charge in [0.05, 0.1) is 5.52 Å². The maximum atomic E-state index is 12.9. The molecule has 22 heavy (non-hydrogen) atoms. The summed E-state index contributed by atoms with van der Waals surface area (Å²) in [7, 11) is 0. The number of aromatic nitrogens is 4. The van der Waals surface area contributed by atoms with E-state index in [9.17, 15) is 4.39 Å². The molecule has 0 N–H and O–H groups in total. The molecule has 2 aromatic heterocycles. The smallest absolute Gasteiger partial charge is 0.183 e. The number of fused-ring (bicyclic) bond motifs is 3. The van der Waals surface area contributed by atoms with Crippen LogP contribution in [-0.2, 0) is 6.61 Å². The van der Waals surface area contributed by atoms with E-state index in [-0.39, 0.29) is 5.82 Å². The fourth-order valence-electron chi connectivity index (χ4n) is 2.38. The monoisotopic (exact) mass is 294 g/mol. The Morgan fingerprint density at radius 2 is 1.86 bits per heavy atom. The lowest BCUT2D eigenvalue weighted by Crippen LogP contribution is -1.99. The van der Waals surface area contributed by atoms with Crippen LogP contribution in [0, 0.1) is 5.82 Å². The molecule has 0 amide bonds. The second-order valence-corrected chi connectivity index (χ2v) is 4.89. The van der Waals surface area contributed by atoms with Gasteiger partial charge in [-0.3, -0.25) is 0 Å². The van der Waals surface area contributed by atoms with Crippen LogP contribution < -0.4 is 4.74 Å². The van der Waals surface area contributed by atoms with Crippen LogP contribution in [-0.4, -0.2) is 20.0 Å². The summed E-state index contributed by atoms with van der Waals surface area (Å²) in [6.45, 7) is 0.349. The number of pyridine rings is 1. The van der Waals surface area contributed by atoms with Crippen molar-refractivity contribution in [3.8, 4) is 5.75 Å². The lowest BCUT2D eigenvalue weighted by molar-refractivity contribution is 0.310. The van der Waals surface area contributed by atoms with Crippen molar-refractivity contribution < 1.29 is 9.13 Å². The predicted molar refractivity (Wildman–Crippen MR) is 79.0 cm³/mol. The molecule has 0 saturated carbocycles. The molecule has 4 aromatic rings. The van der Waals surface area contributed by atoms with E-state index in [4.69, 9.17) is 4.74 Å². The first-order valence-electron chi connectivity index (χ1n) is 6.78. The van der Waals surface area contributed by atoms with Crippen LogP contribution in [0.15, 0.2) is 54.6 Å². The van der Waals surface area contributed by atoms with E-state index in [1.807, 2.05) is 24.3 Å². The third-order valence-electron chi connectivity index (χ3n) is 3.46. The highest BCUT2D eigenvalue weighted by atomic mass is 19.1. The summed E-state index contributed by atoms with van der Waals surface area (Å²) in [5.74, 6) is 0.437. The van der Waals surface area contributed by atoms with Gasteiger partial charge in [-0.1, -0.05) is 24.3 Å². The van der Waals surface area contributed by atoms with Crippen molar-refractivity contribution in [2.75, 3.05) is 0 Å². The van der Waals surface area contributed by atoms with Gasteiger partial charge < -0.3 is 4.74 Å². The van der Waals surface area contributed by atoms with Crippen LogP contribution in [0.2, 0.25) is 0 Å². The van der Waals surface area contributed by atoms with E-state index in [0.29, 0.717) is 18.0 Å². The quantitative estimate of drug-likeness (QED) is 0.583. The van der Waals surface area contributed by atoms with Crippen LogP contribution in [0.3, 0.4) is 0 Å². The number of benzene rings is 2. The van der Waals surface area contributed by atoms with Crippen LogP contribution in [0.4, 0.5) is 4.39 Å². The summed E-state index contributed by atoms with van der Waals surface area (Å²) in [5.41, 5.74) is 2.39. The number of nitrogens with zero attached hydrogens (tertiary/aromatic N) is 4. The number of halogens is 1. The van der Waals surface area contributed by atoms with Gasteiger partial charge in [-0.05, 0) is 40.3 Å². The van der Waals surface area contributed by atoms with Crippen LogP contribution in [0.5, 0.6) is 5.75 Å². The highest BCUT2D eigenvalue weighted by Gasteiger charge is 2.09. The molecule has 0 radical (unpaired) electrons. The fourth-order valence-corrected chi connectivity index (χ4v) is 2.38. The van der Waals surface area contributed by atoms with E-state index in [1.54, 1.807) is 22.7 Å². The second kappa shape index (κ2) is 5.07. The van der Waals surface area contributed by atoms with Crippen LogP contribution in [0.25, 0.3) is 16.6 Å². The molecule has 2 aromatic carbocycles. The molecule has 4 rings (SSSR count). The van der Waals surface area contributed by atoms with Crippen LogP contribution >= 0.6 is 0 Å². The van der Waals surface area contributed by atoms with Crippen molar-refractivity contribution in [3.63, 3.8) is 0 Å². The normalized spacial score (nSPS) is 11.1. The molecule has 6 heteroatoms.